The number of esters is 2. The second kappa shape index (κ2) is 35.9. The quantitative estimate of drug-likeness (QED) is 0.0505. The van der Waals surface area contributed by atoms with E-state index < -0.39 is 0 Å². The molecule has 6 nitrogen and oxygen atoms in total. The number of likely N-dealkylation sites (tertiary alicyclic amines) is 1. The molecule has 0 saturated carbocycles. The van der Waals surface area contributed by atoms with Gasteiger partial charge < -0.3 is 14.6 Å². The Kier molecular flexibility index (Phi) is 33.7. The standard InChI is InChI=1S/C45H87NO5/c1-4-7-10-13-16-21-29-38-50-44(48)34-27-20-19-24-31-42-39-41(40-46(42)36-37-47)30-23-22-28-35-45(49)51-43(32-25-17-14-11-8-5-2)33-26-18-15-12-9-6-3/h41-43,47H,4-40H2,1-3H3. The summed E-state index contributed by atoms with van der Waals surface area (Å²) in [5.74, 6) is 0.688. The molecule has 0 aromatic carbocycles. The first-order valence-corrected chi connectivity index (χ1v) is 22.7. The smallest absolute Gasteiger partial charge is 0.306 e. The molecule has 1 N–H and O–H groups in total. The van der Waals surface area contributed by atoms with Gasteiger partial charge in [0.25, 0.3) is 0 Å². The summed E-state index contributed by atoms with van der Waals surface area (Å²) < 4.78 is 11.5. The maximum absolute atomic E-state index is 12.8. The Morgan fingerprint density at radius 3 is 1.65 bits per heavy atom. The first-order chi connectivity index (χ1) is 25.0. The lowest BCUT2D eigenvalue weighted by Gasteiger charge is -2.23. The molecule has 0 aliphatic carbocycles. The van der Waals surface area contributed by atoms with Crippen LogP contribution in [0.15, 0.2) is 0 Å². The van der Waals surface area contributed by atoms with Crippen molar-refractivity contribution in [2.75, 3.05) is 26.3 Å². The molecule has 0 amide bonds. The van der Waals surface area contributed by atoms with Gasteiger partial charge in [-0.25, -0.2) is 0 Å². The number of hydrogen-bond acceptors (Lipinski definition) is 6. The van der Waals surface area contributed by atoms with Crippen LogP contribution < -0.4 is 0 Å². The van der Waals surface area contributed by atoms with E-state index in [0.29, 0.717) is 31.4 Å². The average molecular weight is 722 g/mol. The molecule has 0 aromatic heterocycles. The number of unbranched alkanes of at least 4 members (excludes halogenated alkanes) is 21. The maximum Gasteiger partial charge on any atom is 0.306 e. The minimum Gasteiger partial charge on any atom is -0.466 e. The van der Waals surface area contributed by atoms with Crippen molar-refractivity contribution in [1.82, 2.24) is 4.90 Å². The van der Waals surface area contributed by atoms with Crippen molar-refractivity contribution in [3.63, 3.8) is 0 Å². The van der Waals surface area contributed by atoms with Crippen molar-refractivity contribution >= 4 is 11.9 Å². The van der Waals surface area contributed by atoms with Gasteiger partial charge in [0.2, 0.25) is 0 Å². The summed E-state index contributed by atoms with van der Waals surface area (Å²) in [7, 11) is 0. The van der Waals surface area contributed by atoms with Crippen LogP contribution in [0.1, 0.15) is 233 Å². The zero-order valence-electron chi connectivity index (χ0n) is 34.4. The van der Waals surface area contributed by atoms with Crippen molar-refractivity contribution in [3.05, 3.63) is 0 Å². The number of carbonyl (C=O) groups is 2. The van der Waals surface area contributed by atoms with E-state index in [1.54, 1.807) is 0 Å². The van der Waals surface area contributed by atoms with E-state index in [2.05, 4.69) is 25.7 Å². The first-order valence-electron chi connectivity index (χ1n) is 22.7. The molecule has 51 heavy (non-hydrogen) atoms. The van der Waals surface area contributed by atoms with Gasteiger partial charge in [-0.15, -0.1) is 0 Å². The highest BCUT2D eigenvalue weighted by Crippen LogP contribution is 2.30. The predicted molar refractivity (Wildman–Crippen MR) is 216 cm³/mol. The lowest BCUT2D eigenvalue weighted by Crippen LogP contribution is -2.32. The number of aliphatic hydroxyl groups is 1. The van der Waals surface area contributed by atoms with Gasteiger partial charge in [-0.05, 0) is 70.1 Å². The minimum atomic E-state index is -0.0261. The molecule has 302 valence electrons. The van der Waals surface area contributed by atoms with Crippen LogP contribution in [0, 0.1) is 5.92 Å². The van der Waals surface area contributed by atoms with E-state index in [9.17, 15) is 14.7 Å². The summed E-state index contributed by atoms with van der Waals surface area (Å²) in [5.41, 5.74) is 0. The fraction of sp³-hybridized carbons (Fsp3) is 0.956. The van der Waals surface area contributed by atoms with Crippen LogP contribution in [-0.4, -0.2) is 60.4 Å². The van der Waals surface area contributed by atoms with E-state index in [0.717, 1.165) is 64.5 Å². The molecule has 1 aliphatic rings. The van der Waals surface area contributed by atoms with Gasteiger partial charge >= 0.3 is 11.9 Å². The number of aliphatic hydroxyl groups excluding tert-OH is 1. The molecular weight excluding hydrogens is 634 g/mol. The molecule has 0 radical (unpaired) electrons. The third-order valence-corrected chi connectivity index (χ3v) is 11.2. The van der Waals surface area contributed by atoms with Gasteiger partial charge in [0, 0.05) is 32.0 Å². The predicted octanol–water partition coefficient (Wildman–Crippen LogP) is 12.7. The van der Waals surface area contributed by atoms with Crippen molar-refractivity contribution in [1.29, 1.82) is 0 Å². The normalized spacial score (nSPS) is 16.3. The monoisotopic (exact) mass is 722 g/mol. The maximum atomic E-state index is 12.8. The summed E-state index contributed by atoms with van der Waals surface area (Å²) in [6.45, 7) is 9.45. The highest BCUT2D eigenvalue weighted by Gasteiger charge is 2.30. The van der Waals surface area contributed by atoms with Crippen molar-refractivity contribution in [2.24, 2.45) is 5.92 Å². The van der Waals surface area contributed by atoms with E-state index >= 15 is 0 Å². The molecule has 2 atom stereocenters. The molecule has 6 heteroatoms. The fourth-order valence-electron chi connectivity index (χ4n) is 8.01. The first kappa shape index (κ1) is 47.9. The Balaban J connectivity index is 2.20. The number of hydrogen-bond donors (Lipinski definition) is 1. The molecule has 0 bridgehead atoms. The highest BCUT2D eigenvalue weighted by atomic mass is 16.5. The van der Waals surface area contributed by atoms with E-state index in [4.69, 9.17) is 9.47 Å². The second-order valence-electron chi connectivity index (χ2n) is 16.1. The van der Waals surface area contributed by atoms with Crippen molar-refractivity contribution in [3.8, 4) is 0 Å². The molecule has 1 rings (SSSR count). The number of β-amino-alcohol motifs (C(OH)–C–C–N with tert-alkyl or cyclic N) is 1. The molecule has 0 aromatic rings. The number of ether oxygens (including phenoxy) is 2. The third kappa shape index (κ3) is 29.0. The highest BCUT2D eigenvalue weighted by molar-refractivity contribution is 5.69. The lowest BCUT2D eigenvalue weighted by molar-refractivity contribution is -0.150. The molecule has 1 aliphatic heterocycles. The molecule has 1 saturated heterocycles. The Labute approximate surface area is 317 Å². The van der Waals surface area contributed by atoms with Crippen molar-refractivity contribution in [2.45, 2.75) is 245 Å². The largest absolute Gasteiger partial charge is 0.466 e. The van der Waals surface area contributed by atoms with Crippen LogP contribution in [0.5, 0.6) is 0 Å². The van der Waals surface area contributed by atoms with Gasteiger partial charge in [0.05, 0.1) is 13.2 Å². The molecule has 1 fully saturated rings. The Morgan fingerprint density at radius 2 is 1.06 bits per heavy atom. The summed E-state index contributed by atoms with van der Waals surface area (Å²) in [6.07, 6.45) is 38.6. The second-order valence-corrected chi connectivity index (χ2v) is 16.1. The van der Waals surface area contributed by atoms with E-state index in [1.165, 1.54) is 148 Å². The Bertz CT molecular complexity index is 760. The summed E-state index contributed by atoms with van der Waals surface area (Å²) in [5, 5.41) is 9.67. The van der Waals surface area contributed by atoms with Gasteiger partial charge in [0.15, 0.2) is 0 Å². The molecule has 2 unspecified atom stereocenters. The molecule has 0 spiro atoms. The summed E-state index contributed by atoms with van der Waals surface area (Å²) in [6, 6.07) is 0.569. The Hall–Kier alpha value is -1.14. The SMILES string of the molecule is CCCCCCCCCOC(=O)CCCCCCC1CC(CCCCCC(=O)OC(CCCCCCCC)CCCCCCCC)CN1CCO. The number of nitrogens with zero attached hydrogens (tertiary/aromatic N) is 1. The Morgan fingerprint density at radius 1 is 0.588 bits per heavy atom. The van der Waals surface area contributed by atoms with Gasteiger partial charge in [-0.3, -0.25) is 14.5 Å². The minimum absolute atomic E-state index is 0.0207. The topological polar surface area (TPSA) is 76.1 Å². The van der Waals surface area contributed by atoms with Crippen LogP contribution >= 0.6 is 0 Å². The van der Waals surface area contributed by atoms with Gasteiger partial charge in [0.1, 0.15) is 6.10 Å². The van der Waals surface area contributed by atoms with Gasteiger partial charge in [-0.1, -0.05) is 156 Å². The van der Waals surface area contributed by atoms with E-state index in [-0.39, 0.29) is 24.6 Å². The molecular formula is C45H87NO5. The zero-order chi connectivity index (χ0) is 37.0. The van der Waals surface area contributed by atoms with Crippen LogP contribution in [-0.2, 0) is 19.1 Å². The van der Waals surface area contributed by atoms with Gasteiger partial charge in [-0.2, -0.15) is 0 Å². The molecule has 1 heterocycles. The fourth-order valence-corrected chi connectivity index (χ4v) is 8.01. The third-order valence-electron chi connectivity index (χ3n) is 11.2. The van der Waals surface area contributed by atoms with Crippen LogP contribution in [0.25, 0.3) is 0 Å². The number of carbonyl (C=O) groups excluding carboxylic acids is 2. The van der Waals surface area contributed by atoms with Crippen LogP contribution in [0.2, 0.25) is 0 Å². The van der Waals surface area contributed by atoms with Crippen LogP contribution in [0.4, 0.5) is 0 Å². The van der Waals surface area contributed by atoms with E-state index in [1.807, 2.05) is 0 Å². The number of rotatable bonds is 38. The lowest BCUT2D eigenvalue weighted by atomic mass is 9.96. The van der Waals surface area contributed by atoms with Crippen LogP contribution in [0.3, 0.4) is 0 Å². The zero-order valence-corrected chi connectivity index (χ0v) is 34.4. The summed E-state index contributed by atoms with van der Waals surface area (Å²) >= 11 is 0. The summed E-state index contributed by atoms with van der Waals surface area (Å²) in [4.78, 5) is 27.4. The average Bonchev–Trinajstić information content (AvgIpc) is 3.51. The van der Waals surface area contributed by atoms with Crippen molar-refractivity contribution < 1.29 is 24.2 Å².